The summed E-state index contributed by atoms with van der Waals surface area (Å²) >= 11 is 0. The number of carboxylic acids is 2. The Bertz CT molecular complexity index is 1580. The van der Waals surface area contributed by atoms with Crippen LogP contribution in [0.2, 0.25) is 0 Å². The first kappa shape index (κ1) is 28.5. The van der Waals surface area contributed by atoms with Gasteiger partial charge in [0.2, 0.25) is 10.0 Å². The number of benzene rings is 2. The average molecular weight is 551 g/mol. The van der Waals surface area contributed by atoms with E-state index in [0.29, 0.717) is 16.2 Å². The first-order chi connectivity index (χ1) is 18.3. The normalized spacial score (nSPS) is 15.1. The number of nitrogens with two attached hydrogens (primary N) is 1. The number of primary sulfonamides is 1. The van der Waals surface area contributed by atoms with E-state index in [-0.39, 0.29) is 27.4 Å². The summed E-state index contributed by atoms with van der Waals surface area (Å²) in [5, 5.41) is 23.2. The average Bonchev–Trinajstić information content (AvgIpc) is 2.85. The zero-order chi connectivity index (χ0) is 28.9. The van der Waals surface area contributed by atoms with E-state index in [1.807, 2.05) is 0 Å². The van der Waals surface area contributed by atoms with Crippen molar-refractivity contribution in [2.75, 3.05) is 22.9 Å². The highest BCUT2D eigenvalue weighted by atomic mass is 32.2. The summed E-state index contributed by atoms with van der Waals surface area (Å²) < 4.78 is 23.5. The van der Waals surface area contributed by atoms with Crippen molar-refractivity contribution in [2.24, 2.45) is 5.14 Å². The van der Waals surface area contributed by atoms with Gasteiger partial charge in [-0.3, -0.25) is 24.1 Å². The molecule has 0 radical (unpaired) electrons. The topological polar surface area (TPSA) is 180 Å². The Morgan fingerprint density at radius 2 is 1.67 bits per heavy atom. The molecule has 0 spiro atoms. The quantitative estimate of drug-likeness (QED) is 0.239. The molecule has 0 fully saturated rings. The van der Waals surface area contributed by atoms with Gasteiger partial charge in [0.05, 0.1) is 17.2 Å². The Balaban J connectivity index is 1.93. The molecule has 13 heteroatoms. The van der Waals surface area contributed by atoms with Crippen molar-refractivity contribution in [2.45, 2.75) is 11.8 Å². The molecule has 0 saturated carbocycles. The van der Waals surface area contributed by atoms with Crippen molar-refractivity contribution in [1.82, 2.24) is 0 Å². The molecule has 2 amide bonds. The standard InChI is InChI=1S/C26H22N4O8S/c1-16-21(8-3-5-17-9-11-18(12-10-17)29(14-22(31)32)15-23(33)34)25(35)30(26(36)24(16)28-2)19-6-4-7-20(13-19)39(27,37)38/h3-13H,14-15H2,1H3,(H,31,32)(H,33,34)(H2,27,37,38)/b5-3?,21-8-. The highest BCUT2D eigenvalue weighted by Gasteiger charge is 2.36. The van der Waals surface area contributed by atoms with Crippen molar-refractivity contribution < 1.29 is 37.8 Å². The van der Waals surface area contributed by atoms with Crippen LogP contribution in [0, 0.1) is 6.57 Å². The third kappa shape index (κ3) is 6.63. The minimum atomic E-state index is -4.12. The molecule has 2 aromatic rings. The van der Waals surface area contributed by atoms with Crippen LogP contribution in [-0.4, -0.2) is 55.5 Å². The summed E-state index contributed by atoms with van der Waals surface area (Å²) in [4.78, 5) is 53.2. The van der Waals surface area contributed by atoms with Gasteiger partial charge in [-0.1, -0.05) is 36.4 Å². The van der Waals surface area contributed by atoms with Crippen LogP contribution in [0.25, 0.3) is 10.9 Å². The monoisotopic (exact) mass is 550 g/mol. The van der Waals surface area contributed by atoms with Gasteiger partial charge in [-0.25, -0.2) is 18.4 Å². The summed E-state index contributed by atoms with van der Waals surface area (Å²) in [6.45, 7) is 7.88. The molecule has 4 N–H and O–H groups in total. The molecule has 200 valence electrons. The second-order valence-electron chi connectivity index (χ2n) is 8.25. The van der Waals surface area contributed by atoms with E-state index in [2.05, 4.69) is 4.85 Å². The Kier molecular flexibility index (Phi) is 8.44. The molecule has 39 heavy (non-hydrogen) atoms. The lowest BCUT2D eigenvalue weighted by atomic mass is 9.97. The van der Waals surface area contributed by atoms with Gasteiger partial charge >= 0.3 is 11.9 Å². The van der Waals surface area contributed by atoms with Crippen LogP contribution in [0.5, 0.6) is 0 Å². The van der Waals surface area contributed by atoms with Crippen LogP contribution < -0.4 is 14.9 Å². The van der Waals surface area contributed by atoms with Crippen LogP contribution in [0.15, 0.2) is 82.4 Å². The first-order valence-corrected chi connectivity index (χ1v) is 12.7. The fraction of sp³-hybridized carbons (Fsp3) is 0.115. The highest BCUT2D eigenvalue weighted by Crippen LogP contribution is 2.31. The maximum absolute atomic E-state index is 13.3. The largest absolute Gasteiger partial charge is 0.480 e. The molecule has 0 unspecified atom stereocenters. The maximum Gasteiger partial charge on any atom is 0.323 e. The molecule has 1 aliphatic heterocycles. The third-order valence-electron chi connectivity index (χ3n) is 5.58. The summed E-state index contributed by atoms with van der Waals surface area (Å²) in [5.74, 6) is -4.04. The smallest absolute Gasteiger partial charge is 0.323 e. The number of hydrogen-bond donors (Lipinski definition) is 3. The van der Waals surface area contributed by atoms with Crippen molar-refractivity contribution in [1.29, 1.82) is 0 Å². The Morgan fingerprint density at radius 1 is 1.05 bits per heavy atom. The highest BCUT2D eigenvalue weighted by molar-refractivity contribution is 7.89. The van der Waals surface area contributed by atoms with Crippen molar-refractivity contribution >= 4 is 51.2 Å². The lowest BCUT2D eigenvalue weighted by molar-refractivity contribution is -0.136. The predicted molar refractivity (Wildman–Crippen MR) is 141 cm³/mol. The third-order valence-corrected chi connectivity index (χ3v) is 6.49. The minimum Gasteiger partial charge on any atom is -0.480 e. The molecule has 3 rings (SSSR count). The lowest BCUT2D eigenvalue weighted by Gasteiger charge is -2.27. The number of aliphatic carboxylic acids is 2. The second-order valence-corrected chi connectivity index (χ2v) is 9.81. The number of sulfonamides is 1. The molecule has 1 heterocycles. The van der Waals surface area contributed by atoms with Gasteiger partial charge in [-0.15, -0.1) is 0 Å². The first-order valence-electron chi connectivity index (χ1n) is 11.1. The molecule has 0 aliphatic carbocycles. The van der Waals surface area contributed by atoms with Gasteiger partial charge in [-0.05, 0) is 48.4 Å². The molecule has 0 aromatic heterocycles. The van der Waals surface area contributed by atoms with Gasteiger partial charge in [0.25, 0.3) is 17.5 Å². The lowest BCUT2D eigenvalue weighted by Crippen LogP contribution is -2.42. The SMILES string of the molecule is [C-]#[N+]C1=C(C)/C(=C/C=Cc2ccc(N(CC(=O)O)CC(=O)O)cc2)C(=O)N(c2cccc(S(N)(=O)=O)c2)C1=O. The number of carboxylic acid groups (broad SMARTS) is 2. The fourth-order valence-corrected chi connectivity index (χ4v) is 4.30. The van der Waals surface area contributed by atoms with Crippen LogP contribution in [-0.2, 0) is 29.2 Å². The van der Waals surface area contributed by atoms with Crippen LogP contribution in [0.3, 0.4) is 0 Å². The van der Waals surface area contributed by atoms with Gasteiger partial charge < -0.3 is 15.1 Å². The van der Waals surface area contributed by atoms with Crippen molar-refractivity contribution in [3.8, 4) is 0 Å². The number of anilines is 2. The predicted octanol–water partition coefficient (Wildman–Crippen LogP) is 2.02. The van der Waals surface area contributed by atoms with E-state index in [1.165, 1.54) is 42.2 Å². The zero-order valence-corrected chi connectivity index (χ0v) is 21.3. The Hall–Kier alpha value is -5.06. The number of amides is 2. The Labute approximate surface area is 223 Å². The minimum absolute atomic E-state index is 0.0311. The summed E-state index contributed by atoms with van der Waals surface area (Å²) in [6.07, 6.45) is 4.52. The van der Waals surface area contributed by atoms with Crippen molar-refractivity contribution in [3.63, 3.8) is 0 Å². The summed E-state index contributed by atoms with van der Waals surface area (Å²) in [7, 11) is -4.12. The van der Waals surface area contributed by atoms with E-state index >= 15 is 0 Å². The molecule has 12 nitrogen and oxygen atoms in total. The van der Waals surface area contributed by atoms with Crippen LogP contribution in [0.4, 0.5) is 11.4 Å². The van der Waals surface area contributed by atoms with Gasteiger partial charge in [0.1, 0.15) is 13.1 Å². The number of hydrogen-bond acceptors (Lipinski definition) is 7. The van der Waals surface area contributed by atoms with Gasteiger partial charge in [-0.2, -0.15) is 0 Å². The molecule has 1 aliphatic rings. The van der Waals surface area contributed by atoms with E-state index in [0.717, 1.165) is 6.07 Å². The van der Waals surface area contributed by atoms with E-state index < -0.39 is 46.9 Å². The summed E-state index contributed by atoms with van der Waals surface area (Å²) in [5.41, 5.74) is 0.819. The second kappa shape index (κ2) is 11.5. The Morgan fingerprint density at radius 3 is 2.21 bits per heavy atom. The molecule has 2 aromatic carbocycles. The number of allylic oxidation sites excluding steroid dienone is 2. The fourth-order valence-electron chi connectivity index (χ4n) is 3.75. The molecule has 0 saturated heterocycles. The maximum atomic E-state index is 13.3. The van der Waals surface area contributed by atoms with E-state index in [9.17, 15) is 27.6 Å². The summed E-state index contributed by atoms with van der Waals surface area (Å²) in [6, 6.07) is 11.3. The van der Waals surface area contributed by atoms with E-state index in [1.54, 1.807) is 30.3 Å². The number of nitrogens with zero attached hydrogens (tertiary/aromatic N) is 3. The number of carbonyl (C=O) groups is 4. The van der Waals surface area contributed by atoms with Gasteiger partial charge in [0, 0.05) is 11.3 Å². The number of rotatable bonds is 9. The zero-order valence-electron chi connectivity index (χ0n) is 20.4. The molecule has 0 bridgehead atoms. The van der Waals surface area contributed by atoms with Gasteiger partial charge in [0.15, 0.2) is 0 Å². The number of carbonyl (C=O) groups excluding carboxylic acids is 2. The van der Waals surface area contributed by atoms with Crippen molar-refractivity contribution in [3.05, 3.63) is 94.5 Å². The molecular formula is C26H22N4O8S. The van der Waals surface area contributed by atoms with Crippen LogP contribution in [0.1, 0.15) is 12.5 Å². The van der Waals surface area contributed by atoms with Crippen LogP contribution >= 0.6 is 0 Å². The molecule has 0 atom stereocenters. The number of imide groups is 1. The van der Waals surface area contributed by atoms with E-state index in [4.69, 9.17) is 21.9 Å². The molecular weight excluding hydrogens is 528 g/mol.